The number of nitrogens with zero attached hydrogens (tertiary/aromatic N) is 1. The fraction of sp³-hybridized carbons (Fsp3) is 0.818. The van der Waals surface area contributed by atoms with E-state index in [0.29, 0.717) is 6.54 Å². The second-order valence-electron chi connectivity index (χ2n) is 5.99. The Kier molecular flexibility index (Phi) is 3.50. The zero-order valence-corrected chi connectivity index (χ0v) is 10.4. The normalized spacial score (nSPS) is 30.5. The van der Waals surface area contributed by atoms with E-state index < -0.39 is 23.5 Å². The Balaban J connectivity index is 2.89. The molecule has 6 nitrogen and oxygen atoms in total. The van der Waals surface area contributed by atoms with Crippen LogP contribution in [0, 0.1) is 5.41 Å². The van der Waals surface area contributed by atoms with Gasteiger partial charge in [-0.25, -0.2) is 0 Å². The van der Waals surface area contributed by atoms with Crippen LogP contribution in [0.4, 0.5) is 0 Å². The van der Waals surface area contributed by atoms with Crippen LogP contribution in [0.15, 0.2) is 0 Å². The van der Waals surface area contributed by atoms with Gasteiger partial charge < -0.3 is 15.9 Å². The smallest absolute Gasteiger partial charge is 0.325 e. The van der Waals surface area contributed by atoms with Crippen LogP contribution in [0.3, 0.4) is 0 Å². The predicted octanol–water partition coefficient (Wildman–Crippen LogP) is -0.0265. The van der Waals surface area contributed by atoms with Crippen molar-refractivity contribution in [1.29, 1.82) is 0 Å². The van der Waals surface area contributed by atoms with Gasteiger partial charge in [0.1, 0.15) is 11.6 Å². The first-order valence-corrected chi connectivity index (χ1v) is 5.54. The summed E-state index contributed by atoms with van der Waals surface area (Å²) < 4.78 is 0. The zero-order chi connectivity index (χ0) is 13.4. The zero-order valence-electron chi connectivity index (χ0n) is 10.4. The number of hydrogen-bond donors (Lipinski definition) is 3. The lowest BCUT2D eigenvalue weighted by Crippen LogP contribution is -2.50. The maximum absolute atomic E-state index is 11.1. The summed E-state index contributed by atoms with van der Waals surface area (Å²) in [7, 11) is 0. The molecule has 6 heteroatoms. The van der Waals surface area contributed by atoms with Crippen LogP contribution >= 0.6 is 0 Å². The lowest BCUT2D eigenvalue weighted by molar-refractivity contribution is -0.142. The van der Waals surface area contributed by atoms with Gasteiger partial charge in [-0.3, -0.25) is 14.5 Å². The van der Waals surface area contributed by atoms with Gasteiger partial charge in [-0.05, 0) is 5.41 Å². The molecule has 1 fully saturated rings. The van der Waals surface area contributed by atoms with Crippen molar-refractivity contribution in [2.45, 2.75) is 38.8 Å². The summed E-state index contributed by atoms with van der Waals surface area (Å²) in [6.45, 7) is 6.52. The average molecular weight is 244 g/mol. The number of carboxylic acids is 2. The first-order valence-electron chi connectivity index (χ1n) is 5.54. The van der Waals surface area contributed by atoms with E-state index in [9.17, 15) is 9.59 Å². The minimum absolute atomic E-state index is 0.0479. The summed E-state index contributed by atoms with van der Waals surface area (Å²) in [4.78, 5) is 23.8. The highest BCUT2D eigenvalue weighted by atomic mass is 16.4. The van der Waals surface area contributed by atoms with Gasteiger partial charge in [0.2, 0.25) is 0 Å². The highest BCUT2D eigenvalue weighted by Crippen LogP contribution is 2.29. The Labute approximate surface area is 100 Å². The molecular weight excluding hydrogens is 224 g/mol. The van der Waals surface area contributed by atoms with Crippen LogP contribution in [-0.4, -0.2) is 51.7 Å². The summed E-state index contributed by atoms with van der Waals surface area (Å²) in [6.07, 6.45) is -0.0479. The van der Waals surface area contributed by atoms with Crippen LogP contribution < -0.4 is 5.73 Å². The molecule has 98 valence electrons. The van der Waals surface area contributed by atoms with Crippen molar-refractivity contribution in [2.75, 3.05) is 13.1 Å². The molecule has 0 bridgehead atoms. The molecule has 2 atom stereocenters. The van der Waals surface area contributed by atoms with Crippen molar-refractivity contribution < 1.29 is 19.8 Å². The molecule has 0 amide bonds. The lowest BCUT2D eigenvalue weighted by Gasteiger charge is -2.29. The van der Waals surface area contributed by atoms with E-state index in [-0.39, 0.29) is 18.4 Å². The number of aliphatic carboxylic acids is 2. The number of hydrogen-bond acceptors (Lipinski definition) is 4. The fourth-order valence-corrected chi connectivity index (χ4v) is 2.19. The molecule has 0 aromatic heterocycles. The van der Waals surface area contributed by atoms with E-state index >= 15 is 0 Å². The highest BCUT2D eigenvalue weighted by Gasteiger charge is 2.50. The van der Waals surface area contributed by atoms with Crippen LogP contribution in [0.25, 0.3) is 0 Å². The molecule has 1 rings (SSSR count). The van der Waals surface area contributed by atoms with Crippen LogP contribution in [0.2, 0.25) is 0 Å². The van der Waals surface area contributed by atoms with Crippen LogP contribution in [-0.2, 0) is 9.59 Å². The molecule has 1 aliphatic rings. The van der Waals surface area contributed by atoms with Gasteiger partial charge in [0.15, 0.2) is 0 Å². The molecule has 1 heterocycles. The van der Waals surface area contributed by atoms with Crippen molar-refractivity contribution in [2.24, 2.45) is 11.1 Å². The van der Waals surface area contributed by atoms with Gasteiger partial charge in [0, 0.05) is 19.5 Å². The number of rotatable bonds is 3. The molecule has 0 aromatic carbocycles. The summed E-state index contributed by atoms with van der Waals surface area (Å²) in [6, 6.07) is -0.810. The SMILES string of the molecule is CC(C)(C)CN1CC(N)(C(=O)O)CC1C(=O)O. The van der Waals surface area contributed by atoms with Crippen molar-refractivity contribution in [3.8, 4) is 0 Å². The number of carbonyl (C=O) groups is 2. The molecule has 4 N–H and O–H groups in total. The lowest BCUT2D eigenvalue weighted by atomic mass is 9.96. The topological polar surface area (TPSA) is 104 Å². The van der Waals surface area contributed by atoms with Crippen LogP contribution in [0.5, 0.6) is 0 Å². The summed E-state index contributed by atoms with van der Waals surface area (Å²) in [5, 5.41) is 18.1. The minimum Gasteiger partial charge on any atom is -0.480 e. The standard InChI is InChI=1S/C11H20N2O4/c1-10(2,3)5-13-6-11(12,9(16)17)4-7(13)8(14)15/h7H,4-6,12H2,1-3H3,(H,14,15)(H,16,17). The maximum Gasteiger partial charge on any atom is 0.325 e. The molecule has 0 spiro atoms. The first-order chi connectivity index (χ1) is 7.55. The molecule has 0 aromatic rings. The van der Waals surface area contributed by atoms with Gasteiger partial charge in [-0.1, -0.05) is 20.8 Å². The number of carboxylic acid groups (broad SMARTS) is 2. The Morgan fingerprint density at radius 1 is 1.41 bits per heavy atom. The molecule has 0 aliphatic carbocycles. The quantitative estimate of drug-likeness (QED) is 0.644. The molecule has 1 aliphatic heterocycles. The molecular formula is C11H20N2O4. The van der Waals surface area contributed by atoms with E-state index in [0.717, 1.165) is 0 Å². The highest BCUT2D eigenvalue weighted by molar-refractivity contribution is 5.83. The van der Waals surface area contributed by atoms with Gasteiger partial charge in [-0.15, -0.1) is 0 Å². The summed E-state index contributed by atoms with van der Waals surface area (Å²) in [5.41, 5.74) is 4.18. The van der Waals surface area contributed by atoms with Gasteiger partial charge in [0.25, 0.3) is 0 Å². The fourth-order valence-electron chi connectivity index (χ4n) is 2.19. The van der Waals surface area contributed by atoms with Gasteiger partial charge in [0.05, 0.1) is 0 Å². The summed E-state index contributed by atoms with van der Waals surface area (Å²) >= 11 is 0. The Bertz CT molecular complexity index is 337. The number of nitrogens with two attached hydrogens (primary N) is 1. The third-order valence-corrected chi connectivity index (χ3v) is 2.87. The minimum atomic E-state index is -1.45. The van der Waals surface area contributed by atoms with Crippen molar-refractivity contribution in [3.05, 3.63) is 0 Å². The maximum atomic E-state index is 11.1. The van der Waals surface area contributed by atoms with Gasteiger partial charge in [-0.2, -0.15) is 0 Å². The van der Waals surface area contributed by atoms with E-state index in [1.54, 1.807) is 4.90 Å². The Morgan fingerprint density at radius 3 is 2.29 bits per heavy atom. The second kappa shape index (κ2) is 4.27. The third-order valence-electron chi connectivity index (χ3n) is 2.87. The average Bonchev–Trinajstić information content (AvgIpc) is 2.41. The predicted molar refractivity (Wildman–Crippen MR) is 61.6 cm³/mol. The summed E-state index contributed by atoms with van der Waals surface area (Å²) in [5.74, 6) is -2.15. The van der Waals surface area contributed by atoms with Crippen molar-refractivity contribution in [3.63, 3.8) is 0 Å². The van der Waals surface area contributed by atoms with Crippen LogP contribution in [0.1, 0.15) is 27.2 Å². The monoisotopic (exact) mass is 244 g/mol. The second-order valence-corrected chi connectivity index (χ2v) is 5.99. The van der Waals surface area contributed by atoms with E-state index in [1.165, 1.54) is 0 Å². The molecule has 0 radical (unpaired) electrons. The molecule has 0 saturated carbocycles. The molecule has 1 saturated heterocycles. The first kappa shape index (κ1) is 13.9. The van der Waals surface area contributed by atoms with E-state index in [4.69, 9.17) is 15.9 Å². The number of likely N-dealkylation sites (tertiary alicyclic amines) is 1. The van der Waals surface area contributed by atoms with Crippen molar-refractivity contribution >= 4 is 11.9 Å². The third kappa shape index (κ3) is 3.17. The molecule has 17 heavy (non-hydrogen) atoms. The van der Waals surface area contributed by atoms with Crippen molar-refractivity contribution in [1.82, 2.24) is 4.90 Å². The largest absolute Gasteiger partial charge is 0.480 e. The van der Waals surface area contributed by atoms with E-state index in [2.05, 4.69) is 0 Å². The Hall–Kier alpha value is -1.14. The molecule has 2 unspecified atom stereocenters. The van der Waals surface area contributed by atoms with Gasteiger partial charge >= 0.3 is 11.9 Å². The Morgan fingerprint density at radius 2 is 1.94 bits per heavy atom. The van der Waals surface area contributed by atoms with E-state index in [1.807, 2.05) is 20.8 Å².